The van der Waals surface area contributed by atoms with Crippen LogP contribution in [-0.4, -0.2) is 35.3 Å². The van der Waals surface area contributed by atoms with Gasteiger partial charge < -0.3 is 9.67 Å². The van der Waals surface area contributed by atoms with Crippen LogP contribution in [-0.2, 0) is 27.6 Å². The maximum Gasteiger partial charge on any atom is 0.307 e. The van der Waals surface area contributed by atoms with E-state index in [1.165, 1.54) is 6.26 Å². The minimum Gasteiger partial charge on any atom is -0.481 e. The highest BCUT2D eigenvalue weighted by Gasteiger charge is 2.18. The standard InChI is InChI=1S/C18H17BrN2O4S/c1-11-15(8-17(22)23)16-7-13(19)9-20-18(16)21(11)10-12-3-5-14(6-4-12)26(2,24)25/h3-7,9H,8,10H2,1-2H3,(H,22,23). The van der Waals surface area contributed by atoms with Crippen LogP contribution >= 0.6 is 15.9 Å². The number of rotatable bonds is 5. The zero-order valence-electron chi connectivity index (χ0n) is 14.2. The van der Waals surface area contributed by atoms with Gasteiger partial charge >= 0.3 is 5.97 Å². The summed E-state index contributed by atoms with van der Waals surface area (Å²) in [5.74, 6) is -0.898. The maximum atomic E-state index is 11.6. The van der Waals surface area contributed by atoms with Crippen LogP contribution in [0.5, 0.6) is 0 Å². The first-order chi connectivity index (χ1) is 12.2. The van der Waals surface area contributed by atoms with E-state index in [0.717, 1.165) is 26.7 Å². The summed E-state index contributed by atoms with van der Waals surface area (Å²) in [7, 11) is -3.24. The van der Waals surface area contributed by atoms with Crippen LogP contribution in [0, 0.1) is 6.92 Å². The average Bonchev–Trinajstić information content (AvgIpc) is 2.79. The van der Waals surface area contributed by atoms with E-state index < -0.39 is 15.8 Å². The number of halogens is 1. The summed E-state index contributed by atoms with van der Waals surface area (Å²) in [6, 6.07) is 8.55. The lowest BCUT2D eigenvalue weighted by atomic mass is 10.1. The van der Waals surface area contributed by atoms with Gasteiger partial charge in [-0.15, -0.1) is 0 Å². The highest BCUT2D eigenvalue weighted by Crippen LogP contribution is 2.28. The van der Waals surface area contributed by atoms with Crippen molar-refractivity contribution in [2.24, 2.45) is 0 Å². The van der Waals surface area contributed by atoms with Crippen LogP contribution in [0.2, 0.25) is 0 Å². The highest BCUT2D eigenvalue weighted by molar-refractivity contribution is 9.10. The van der Waals surface area contributed by atoms with E-state index in [0.29, 0.717) is 12.2 Å². The Hall–Kier alpha value is -2.19. The van der Waals surface area contributed by atoms with Gasteiger partial charge in [-0.2, -0.15) is 0 Å². The second-order valence-electron chi connectivity index (χ2n) is 6.16. The monoisotopic (exact) mass is 436 g/mol. The van der Waals surface area contributed by atoms with Crippen LogP contribution in [0.4, 0.5) is 0 Å². The van der Waals surface area contributed by atoms with Crippen LogP contribution in [0.25, 0.3) is 11.0 Å². The smallest absolute Gasteiger partial charge is 0.307 e. The van der Waals surface area contributed by atoms with Crippen LogP contribution in [0.3, 0.4) is 0 Å². The average molecular weight is 437 g/mol. The SMILES string of the molecule is Cc1c(CC(=O)O)c2cc(Br)cnc2n1Cc1ccc(S(C)(=O)=O)cc1. The molecule has 0 saturated carbocycles. The van der Waals surface area contributed by atoms with Gasteiger partial charge in [0.15, 0.2) is 9.84 Å². The number of hydrogen-bond acceptors (Lipinski definition) is 4. The fourth-order valence-corrected chi connectivity index (χ4v) is 3.94. The van der Waals surface area contributed by atoms with Gasteiger partial charge in [0, 0.05) is 34.6 Å². The number of carboxylic acids is 1. The summed E-state index contributed by atoms with van der Waals surface area (Å²) < 4.78 is 25.9. The quantitative estimate of drug-likeness (QED) is 0.663. The summed E-state index contributed by atoms with van der Waals surface area (Å²) >= 11 is 3.38. The predicted molar refractivity (Wildman–Crippen MR) is 102 cm³/mol. The fraction of sp³-hybridized carbons (Fsp3) is 0.222. The van der Waals surface area contributed by atoms with Gasteiger partial charge in [0.2, 0.25) is 0 Å². The zero-order chi connectivity index (χ0) is 19.1. The molecule has 1 aromatic carbocycles. The molecule has 2 aromatic heterocycles. The Balaban J connectivity index is 2.07. The molecule has 0 spiro atoms. The molecular weight excluding hydrogens is 420 g/mol. The van der Waals surface area contributed by atoms with Gasteiger partial charge in [0.05, 0.1) is 11.3 Å². The molecule has 2 heterocycles. The van der Waals surface area contributed by atoms with E-state index in [-0.39, 0.29) is 11.3 Å². The minimum absolute atomic E-state index is 0.0829. The largest absolute Gasteiger partial charge is 0.481 e. The molecule has 26 heavy (non-hydrogen) atoms. The zero-order valence-corrected chi connectivity index (χ0v) is 16.6. The third kappa shape index (κ3) is 3.66. The van der Waals surface area contributed by atoms with Crippen molar-refractivity contribution < 1.29 is 18.3 Å². The van der Waals surface area contributed by atoms with Crippen molar-refractivity contribution in [3.8, 4) is 0 Å². The van der Waals surface area contributed by atoms with E-state index >= 15 is 0 Å². The van der Waals surface area contributed by atoms with Crippen molar-refractivity contribution in [1.82, 2.24) is 9.55 Å². The van der Waals surface area contributed by atoms with Crippen molar-refractivity contribution in [2.75, 3.05) is 6.26 Å². The molecule has 0 fully saturated rings. The van der Waals surface area contributed by atoms with Crippen molar-refractivity contribution >= 4 is 42.8 Å². The third-order valence-electron chi connectivity index (χ3n) is 4.28. The summed E-state index contributed by atoms with van der Waals surface area (Å²) in [4.78, 5) is 16.0. The normalized spacial score (nSPS) is 11.8. The molecule has 0 radical (unpaired) electrons. The molecule has 3 rings (SSSR count). The summed E-state index contributed by atoms with van der Waals surface area (Å²) in [6.45, 7) is 2.35. The molecule has 0 unspecified atom stereocenters. The van der Waals surface area contributed by atoms with Crippen molar-refractivity contribution in [3.63, 3.8) is 0 Å². The first-order valence-corrected chi connectivity index (χ1v) is 10.5. The summed E-state index contributed by atoms with van der Waals surface area (Å²) in [5, 5.41) is 10.0. The Bertz CT molecular complexity index is 1100. The van der Waals surface area contributed by atoms with Gasteiger partial charge in [-0.3, -0.25) is 4.79 Å². The number of carboxylic acid groups (broad SMARTS) is 1. The number of hydrogen-bond donors (Lipinski definition) is 1. The lowest BCUT2D eigenvalue weighted by Gasteiger charge is -2.09. The van der Waals surface area contributed by atoms with Gasteiger partial charge in [-0.25, -0.2) is 13.4 Å². The molecule has 0 aliphatic rings. The molecule has 136 valence electrons. The minimum atomic E-state index is -3.24. The van der Waals surface area contributed by atoms with E-state index in [9.17, 15) is 18.3 Å². The number of aliphatic carboxylic acids is 1. The Kier molecular flexibility index (Phi) is 4.90. The fourth-order valence-electron chi connectivity index (χ4n) is 2.98. The van der Waals surface area contributed by atoms with Gasteiger partial charge in [0.25, 0.3) is 0 Å². The second-order valence-corrected chi connectivity index (χ2v) is 9.09. The molecule has 3 aromatic rings. The number of nitrogens with zero attached hydrogens (tertiary/aromatic N) is 2. The highest BCUT2D eigenvalue weighted by atomic mass is 79.9. The van der Waals surface area contributed by atoms with Crippen LogP contribution < -0.4 is 0 Å². The predicted octanol–water partition coefficient (Wildman–Crippen LogP) is 3.19. The Labute approximate surface area is 159 Å². The second kappa shape index (κ2) is 6.85. The molecule has 0 bridgehead atoms. The lowest BCUT2D eigenvalue weighted by Crippen LogP contribution is -2.06. The first-order valence-electron chi connectivity index (χ1n) is 7.81. The summed E-state index contributed by atoms with van der Waals surface area (Å²) in [5.41, 5.74) is 3.17. The molecule has 8 heteroatoms. The van der Waals surface area contributed by atoms with Crippen molar-refractivity contribution in [2.45, 2.75) is 24.8 Å². The number of fused-ring (bicyclic) bond motifs is 1. The van der Waals surface area contributed by atoms with Crippen LogP contribution in [0.15, 0.2) is 45.9 Å². The maximum absolute atomic E-state index is 11.6. The first kappa shape index (κ1) is 18.6. The number of sulfone groups is 1. The number of benzene rings is 1. The summed E-state index contributed by atoms with van der Waals surface area (Å²) in [6.07, 6.45) is 2.77. The van der Waals surface area contributed by atoms with Gasteiger partial charge in [-0.1, -0.05) is 12.1 Å². The number of carbonyl (C=O) groups is 1. The number of aromatic nitrogens is 2. The molecule has 0 aliphatic heterocycles. The lowest BCUT2D eigenvalue weighted by molar-refractivity contribution is -0.136. The van der Waals surface area contributed by atoms with Gasteiger partial charge in [0.1, 0.15) is 5.65 Å². The van der Waals surface area contributed by atoms with E-state index in [1.54, 1.807) is 30.5 Å². The molecule has 6 nitrogen and oxygen atoms in total. The van der Waals surface area contributed by atoms with E-state index in [2.05, 4.69) is 20.9 Å². The van der Waals surface area contributed by atoms with Crippen molar-refractivity contribution in [3.05, 3.63) is 57.8 Å². The number of pyridine rings is 1. The molecular formula is C18H17BrN2O4S. The van der Waals surface area contributed by atoms with E-state index in [1.807, 2.05) is 17.6 Å². The Morgan fingerprint density at radius 1 is 1.27 bits per heavy atom. The third-order valence-corrected chi connectivity index (χ3v) is 5.84. The Morgan fingerprint density at radius 2 is 1.92 bits per heavy atom. The van der Waals surface area contributed by atoms with E-state index in [4.69, 9.17) is 0 Å². The molecule has 0 saturated heterocycles. The molecule has 1 N–H and O–H groups in total. The molecule has 0 atom stereocenters. The Morgan fingerprint density at radius 3 is 2.50 bits per heavy atom. The molecule has 0 aliphatic carbocycles. The van der Waals surface area contributed by atoms with Crippen molar-refractivity contribution in [1.29, 1.82) is 0 Å². The topological polar surface area (TPSA) is 89.3 Å². The van der Waals surface area contributed by atoms with Gasteiger partial charge in [-0.05, 0) is 52.2 Å². The molecule has 0 amide bonds. The van der Waals surface area contributed by atoms with Crippen LogP contribution in [0.1, 0.15) is 16.8 Å².